The standard InChI is InChI=1S/C15H23NOS/c1-2-16-11-12-7-9-13(10-8-12)18-15-6-4-3-5-14(15)17/h7-10,14-17H,2-6,11H2,1H3. The van der Waals surface area contributed by atoms with Crippen molar-refractivity contribution in [3.05, 3.63) is 29.8 Å². The lowest BCUT2D eigenvalue weighted by atomic mass is 9.97. The fourth-order valence-corrected chi connectivity index (χ4v) is 3.57. The second-order valence-electron chi connectivity index (χ2n) is 4.93. The van der Waals surface area contributed by atoms with Gasteiger partial charge in [-0.25, -0.2) is 0 Å². The molecule has 0 amide bonds. The first-order valence-corrected chi connectivity index (χ1v) is 7.82. The predicted molar refractivity (Wildman–Crippen MR) is 77.9 cm³/mol. The summed E-state index contributed by atoms with van der Waals surface area (Å²) in [6.07, 6.45) is 4.43. The number of hydrogen-bond donors (Lipinski definition) is 2. The van der Waals surface area contributed by atoms with E-state index in [9.17, 15) is 5.11 Å². The second kappa shape index (κ2) is 7.17. The Morgan fingerprint density at radius 2 is 1.94 bits per heavy atom. The van der Waals surface area contributed by atoms with E-state index in [2.05, 4.69) is 36.5 Å². The van der Waals surface area contributed by atoms with E-state index in [1.54, 1.807) is 0 Å². The van der Waals surface area contributed by atoms with Crippen LogP contribution in [0.1, 0.15) is 38.2 Å². The zero-order chi connectivity index (χ0) is 12.8. The molecule has 2 N–H and O–H groups in total. The minimum atomic E-state index is -0.120. The minimum Gasteiger partial charge on any atom is -0.392 e. The largest absolute Gasteiger partial charge is 0.392 e. The number of thioether (sulfide) groups is 1. The topological polar surface area (TPSA) is 32.3 Å². The van der Waals surface area contributed by atoms with Crippen molar-refractivity contribution in [2.24, 2.45) is 0 Å². The summed E-state index contributed by atoms with van der Waals surface area (Å²) in [7, 11) is 0. The molecule has 2 rings (SSSR count). The van der Waals surface area contributed by atoms with Crippen molar-refractivity contribution in [1.82, 2.24) is 5.32 Å². The Labute approximate surface area is 114 Å². The lowest BCUT2D eigenvalue weighted by Crippen LogP contribution is -2.26. The lowest BCUT2D eigenvalue weighted by Gasteiger charge is -2.26. The van der Waals surface area contributed by atoms with E-state index in [4.69, 9.17) is 0 Å². The summed E-state index contributed by atoms with van der Waals surface area (Å²) >= 11 is 1.83. The summed E-state index contributed by atoms with van der Waals surface area (Å²) in [6, 6.07) is 8.72. The van der Waals surface area contributed by atoms with Crippen molar-refractivity contribution < 1.29 is 5.11 Å². The predicted octanol–water partition coefficient (Wildman–Crippen LogP) is 3.19. The van der Waals surface area contributed by atoms with Gasteiger partial charge in [-0.1, -0.05) is 31.9 Å². The molecule has 100 valence electrons. The van der Waals surface area contributed by atoms with Gasteiger partial charge in [-0.15, -0.1) is 11.8 Å². The number of hydrogen-bond acceptors (Lipinski definition) is 3. The van der Waals surface area contributed by atoms with Gasteiger partial charge < -0.3 is 10.4 Å². The van der Waals surface area contributed by atoms with Crippen LogP contribution in [0.5, 0.6) is 0 Å². The van der Waals surface area contributed by atoms with Crippen LogP contribution < -0.4 is 5.32 Å². The zero-order valence-corrected chi connectivity index (χ0v) is 11.9. The normalized spacial score (nSPS) is 24.1. The molecular formula is C15H23NOS. The van der Waals surface area contributed by atoms with E-state index in [0.717, 1.165) is 25.9 Å². The first kappa shape index (κ1) is 13.9. The molecule has 0 radical (unpaired) electrons. The van der Waals surface area contributed by atoms with E-state index < -0.39 is 0 Å². The highest BCUT2D eigenvalue weighted by molar-refractivity contribution is 8.00. The Bertz CT molecular complexity index is 352. The number of nitrogens with one attached hydrogen (secondary N) is 1. The summed E-state index contributed by atoms with van der Waals surface area (Å²) in [5.41, 5.74) is 1.32. The van der Waals surface area contributed by atoms with Crippen molar-refractivity contribution in [3.63, 3.8) is 0 Å². The van der Waals surface area contributed by atoms with E-state index in [1.165, 1.54) is 23.3 Å². The molecule has 1 aromatic rings. The number of aliphatic hydroxyl groups excluding tert-OH is 1. The van der Waals surface area contributed by atoms with Crippen LogP contribution >= 0.6 is 11.8 Å². The Morgan fingerprint density at radius 1 is 1.22 bits per heavy atom. The first-order chi connectivity index (χ1) is 8.79. The maximum atomic E-state index is 9.97. The third kappa shape index (κ3) is 4.01. The molecule has 2 nitrogen and oxygen atoms in total. The maximum Gasteiger partial charge on any atom is 0.0662 e. The molecule has 1 aliphatic carbocycles. The van der Waals surface area contributed by atoms with Crippen molar-refractivity contribution >= 4 is 11.8 Å². The van der Waals surface area contributed by atoms with Crippen LogP contribution in [0.15, 0.2) is 29.2 Å². The fraction of sp³-hybridized carbons (Fsp3) is 0.600. The molecule has 0 saturated heterocycles. The number of rotatable bonds is 5. The van der Waals surface area contributed by atoms with Gasteiger partial charge in [0.1, 0.15) is 0 Å². The molecule has 1 aromatic carbocycles. The smallest absolute Gasteiger partial charge is 0.0662 e. The molecule has 1 saturated carbocycles. The van der Waals surface area contributed by atoms with Crippen molar-refractivity contribution in [1.29, 1.82) is 0 Å². The molecule has 0 aromatic heterocycles. The van der Waals surface area contributed by atoms with E-state index in [1.807, 2.05) is 11.8 Å². The van der Waals surface area contributed by atoms with E-state index >= 15 is 0 Å². The van der Waals surface area contributed by atoms with E-state index in [-0.39, 0.29) is 6.10 Å². The molecule has 0 bridgehead atoms. The van der Waals surface area contributed by atoms with Crippen LogP contribution in [0.25, 0.3) is 0 Å². The van der Waals surface area contributed by atoms with Crippen LogP contribution in [-0.4, -0.2) is 23.0 Å². The van der Waals surface area contributed by atoms with Gasteiger partial charge in [-0.2, -0.15) is 0 Å². The highest BCUT2D eigenvalue weighted by Gasteiger charge is 2.23. The Morgan fingerprint density at radius 3 is 2.61 bits per heavy atom. The summed E-state index contributed by atoms with van der Waals surface area (Å²) < 4.78 is 0. The van der Waals surface area contributed by atoms with E-state index in [0.29, 0.717) is 5.25 Å². The van der Waals surface area contributed by atoms with Crippen LogP contribution in [0.4, 0.5) is 0 Å². The second-order valence-corrected chi connectivity index (χ2v) is 6.24. The summed E-state index contributed by atoms with van der Waals surface area (Å²) in [5.74, 6) is 0. The highest BCUT2D eigenvalue weighted by Crippen LogP contribution is 2.33. The third-order valence-corrected chi connectivity index (χ3v) is 4.85. The maximum absolute atomic E-state index is 9.97. The molecule has 18 heavy (non-hydrogen) atoms. The highest BCUT2D eigenvalue weighted by atomic mass is 32.2. The molecule has 2 atom stereocenters. The van der Waals surface area contributed by atoms with Crippen LogP contribution in [0.3, 0.4) is 0 Å². The van der Waals surface area contributed by atoms with Gasteiger partial charge in [0.25, 0.3) is 0 Å². The molecule has 2 unspecified atom stereocenters. The van der Waals surface area contributed by atoms with Gasteiger partial charge in [-0.3, -0.25) is 0 Å². The fourth-order valence-electron chi connectivity index (χ4n) is 2.34. The lowest BCUT2D eigenvalue weighted by molar-refractivity contribution is 0.137. The Balaban J connectivity index is 1.89. The SMILES string of the molecule is CCNCc1ccc(SC2CCCCC2O)cc1. The quantitative estimate of drug-likeness (QED) is 0.857. The van der Waals surface area contributed by atoms with Crippen LogP contribution in [0, 0.1) is 0 Å². The first-order valence-electron chi connectivity index (χ1n) is 6.94. The average molecular weight is 265 g/mol. The van der Waals surface area contributed by atoms with Gasteiger partial charge in [0.05, 0.1) is 6.10 Å². The molecule has 0 heterocycles. The Hall–Kier alpha value is -0.510. The zero-order valence-electron chi connectivity index (χ0n) is 11.1. The summed E-state index contributed by atoms with van der Waals surface area (Å²) in [6.45, 7) is 4.06. The molecular weight excluding hydrogens is 242 g/mol. The minimum absolute atomic E-state index is 0.120. The number of benzene rings is 1. The van der Waals surface area contributed by atoms with Crippen molar-refractivity contribution in [2.75, 3.05) is 6.54 Å². The van der Waals surface area contributed by atoms with Crippen molar-refractivity contribution in [3.8, 4) is 0 Å². The Kier molecular flexibility index (Phi) is 5.54. The summed E-state index contributed by atoms with van der Waals surface area (Å²) in [4.78, 5) is 1.28. The van der Waals surface area contributed by atoms with Gasteiger partial charge in [0, 0.05) is 16.7 Å². The van der Waals surface area contributed by atoms with Crippen LogP contribution in [-0.2, 0) is 6.54 Å². The number of aliphatic hydroxyl groups is 1. The molecule has 0 spiro atoms. The van der Waals surface area contributed by atoms with Gasteiger partial charge in [0.15, 0.2) is 0 Å². The van der Waals surface area contributed by atoms with Gasteiger partial charge in [0.2, 0.25) is 0 Å². The van der Waals surface area contributed by atoms with Crippen LogP contribution in [0.2, 0.25) is 0 Å². The molecule has 1 aliphatic rings. The van der Waals surface area contributed by atoms with Gasteiger partial charge >= 0.3 is 0 Å². The molecule has 0 aliphatic heterocycles. The average Bonchev–Trinajstić information content (AvgIpc) is 2.41. The molecule has 3 heteroatoms. The molecule has 1 fully saturated rings. The van der Waals surface area contributed by atoms with Crippen molar-refractivity contribution in [2.45, 2.75) is 55.4 Å². The summed E-state index contributed by atoms with van der Waals surface area (Å²) in [5, 5.41) is 13.7. The third-order valence-electron chi connectivity index (χ3n) is 3.46. The monoisotopic (exact) mass is 265 g/mol. The van der Waals surface area contributed by atoms with Gasteiger partial charge in [-0.05, 0) is 37.1 Å².